The zero-order valence-corrected chi connectivity index (χ0v) is 11.5. The molecule has 1 aromatic rings. The van der Waals surface area contributed by atoms with E-state index in [-0.39, 0.29) is 25.7 Å². The lowest BCUT2D eigenvalue weighted by atomic mass is 10.2. The first-order valence-electron chi connectivity index (χ1n) is 6.09. The van der Waals surface area contributed by atoms with Crippen LogP contribution in [0.2, 0.25) is 0 Å². The molecule has 0 bridgehead atoms. The summed E-state index contributed by atoms with van der Waals surface area (Å²) in [5.41, 5.74) is 0.517. The van der Waals surface area contributed by atoms with Crippen LogP contribution in [0.25, 0.3) is 0 Å². The molecule has 106 valence electrons. The summed E-state index contributed by atoms with van der Waals surface area (Å²) in [5.74, 6) is -0.300. The summed E-state index contributed by atoms with van der Waals surface area (Å²) in [5, 5.41) is 8.65. The van der Waals surface area contributed by atoms with Gasteiger partial charge in [-0.1, -0.05) is 0 Å². The number of esters is 1. The molecule has 0 aliphatic rings. The number of amides is 1. The Morgan fingerprint density at radius 3 is 2.50 bits per heavy atom. The van der Waals surface area contributed by atoms with E-state index in [1.54, 1.807) is 31.2 Å². The van der Waals surface area contributed by atoms with Crippen molar-refractivity contribution in [1.29, 1.82) is 5.26 Å². The van der Waals surface area contributed by atoms with E-state index in [4.69, 9.17) is 14.7 Å². The van der Waals surface area contributed by atoms with Crippen molar-refractivity contribution in [3.8, 4) is 11.8 Å². The summed E-state index contributed by atoms with van der Waals surface area (Å²) < 4.78 is 10.0. The van der Waals surface area contributed by atoms with Gasteiger partial charge in [-0.3, -0.25) is 9.59 Å². The van der Waals surface area contributed by atoms with Crippen LogP contribution in [-0.4, -0.2) is 43.6 Å². The molecule has 6 heteroatoms. The van der Waals surface area contributed by atoms with Crippen LogP contribution in [0, 0.1) is 11.3 Å². The van der Waals surface area contributed by atoms with Crippen LogP contribution >= 0.6 is 0 Å². The molecular weight excluding hydrogens is 260 g/mol. The Bertz CT molecular complexity index is 505. The van der Waals surface area contributed by atoms with Crippen molar-refractivity contribution in [3.63, 3.8) is 0 Å². The summed E-state index contributed by atoms with van der Waals surface area (Å²) >= 11 is 0. The number of benzene rings is 1. The van der Waals surface area contributed by atoms with Crippen molar-refractivity contribution in [3.05, 3.63) is 29.8 Å². The summed E-state index contributed by atoms with van der Waals surface area (Å²) in [6, 6.07) is 8.40. The molecule has 6 nitrogen and oxygen atoms in total. The minimum absolute atomic E-state index is 0.108. The third-order valence-electron chi connectivity index (χ3n) is 2.44. The smallest absolute Gasteiger partial charge is 0.325 e. The van der Waals surface area contributed by atoms with Crippen LogP contribution < -0.4 is 4.74 Å². The van der Waals surface area contributed by atoms with Crippen molar-refractivity contribution >= 4 is 11.9 Å². The van der Waals surface area contributed by atoms with Gasteiger partial charge in [-0.15, -0.1) is 0 Å². The number of rotatable bonds is 6. The van der Waals surface area contributed by atoms with Crippen LogP contribution in [0.4, 0.5) is 0 Å². The second kappa shape index (κ2) is 7.79. The van der Waals surface area contributed by atoms with Gasteiger partial charge >= 0.3 is 5.97 Å². The number of ether oxygens (including phenoxy) is 2. The molecule has 0 unspecified atom stereocenters. The van der Waals surface area contributed by atoms with Crippen molar-refractivity contribution in [1.82, 2.24) is 4.90 Å². The Labute approximate surface area is 117 Å². The Kier molecular flexibility index (Phi) is 6.04. The molecule has 0 aliphatic heterocycles. The van der Waals surface area contributed by atoms with Crippen molar-refractivity contribution in [2.24, 2.45) is 0 Å². The Hall–Kier alpha value is -2.55. The van der Waals surface area contributed by atoms with Crippen LogP contribution in [0.3, 0.4) is 0 Å². The number of hydrogen-bond acceptors (Lipinski definition) is 5. The van der Waals surface area contributed by atoms with E-state index >= 15 is 0 Å². The molecular formula is C14H16N2O4. The molecule has 0 saturated carbocycles. The predicted octanol–water partition coefficient (Wildman–Crippen LogP) is 0.959. The zero-order chi connectivity index (χ0) is 15.0. The average Bonchev–Trinajstić information content (AvgIpc) is 2.45. The monoisotopic (exact) mass is 276 g/mol. The molecule has 0 radical (unpaired) electrons. The van der Waals surface area contributed by atoms with Gasteiger partial charge in [-0.25, -0.2) is 0 Å². The summed E-state index contributed by atoms with van der Waals surface area (Å²) in [6.45, 7) is 1.70. The third-order valence-corrected chi connectivity index (χ3v) is 2.44. The van der Waals surface area contributed by atoms with E-state index < -0.39 is 5.97 Å². The highest BCUT2D eigenvalue weighted by Gasteiger charge is 2.14. The standard InChI is InChI=1S/C14H16N2O4/c1-3-19-14(18)9-16(2)13(17)10-20-12-6-4-11(8-15)5-7-12/h4-7H,3,9-10H2,1-2H3. The van der Waals surface area contributed by atoms with Crippen molar-refractivity contribution in [2.75, 3.05) is 26.8 Å². The number of nitrogens with zero attached hydrogens (tertiary/aromatic N) is 2. The summed E-state index contributed by atoms with van der Waals surface area (Å²) in [4.78, 5) is 24.2. The maximum Gasteiger partial charge on any atom is 0.325 e. The van der Waals surface area contributed by atoms with Gasteiger partial charge in [0.05, 0.1) is 18.2 Å². The normalized spacial score (nSPS) is 9.45. The molecule has 0 heterocycles. The van der Waals surface area contributed by atoms with Crippen molar-refractivity contribution in [2.45, 2.75) is 6.92 Å². The molecule has 0 N–H and O–H groups in total. The minimum atomic E-state index is -0.457. The number of carbonyl (C=O) groups excluding carboxylic acids is 2. The molecule has 1 rings (SSSR count). The second-order valence-corrected chi connectivity index (χ2v) is 3.98. The number of nitriles is 1. The lowest BCUT2D eigenvalue weighted by Crippen LogP contribution is -2.36. The zero-order valence-electron chi connectivity index (χ0n) is 11.5. The summed E-state index contributed by atoms with van der Waals surface area (Å²) in [7, 11) is 1.50. The lowest BCUT2D eigenvalue weighted by Gasteiger charge is -2.16. The molecule has 0 atom stereocenters. The van der Waals surface area contributed by atoms with E-state index in [9.17, 15) is 9.59 Å². The fourth-order valence-corrected chi connectivity index (χ4v) is 1.37. The number of hydrogen-bond donors (Lipinski definition) is 0. The van der Waals surface area contributed by atoms with Crippen LogP contribution in [0.1, 0.15) is 12.5 Å². The molecule has 0 fully saturated rings. The van der Waals surface area contributed by atoms with E-state index in [0.29, 0.717) is 11.3 Å². The maximum absolute atomic E-state index is 11.7. The van der Waals surface area contributed by atoms with E-state index in [2.05, 4.69) is 0 Å². The van der Waals surface area contributed by atoms with Crippen molar-refractivity contribution < 1.29 is 19.1 Å². The first-order chi connectivity index (χ1) is 9.56. The highest BCUT2D eigenvalue weighted by molar-refractivity contribution is 5.82. The molecule has 0 spiro atoms. The maximum atomic E-state index is 11.7. The van der Waals surface area contributed by atoms with Gasteiger partial charge in [0.2, 0.25) is 0 Å². The SMILES string of the molecule is CCOC(=O)CN(C)C(=O)COc1ccc(C#N)cc1. The minimum Gasteiger partial charge on any atom is -0.484 e. The largest absolute Gasteiger partial charge is 0.484 e. The predicted molar refractivity (Wildman–Crippen MR) is 70.9 cm³/mol. The first kappa shape index (κ1) is 15.5. The van der Waals surface area contributed by atoms with Crippen LogP contribution in [0.5, 0.6) is 5.75 Å². The number of likely N-dealkylation sites (N-methyl/N-ethyl adjacent to an activating group) is 1. The molecule has 1 amide bonds. The topological polar surface area (TPSA) is 79.6 Å². The van der Waals surface area contributed by atoms with Gasteiger partial charge in [-0.05, 0) is 31.2 Å². The van der Waals surface area contributed by atoms with Gasteiger partial charge in [0.1, 0.15) is 12.3 Å². The van der Waals surface area contributed by atoms with Gasteiger partial charge in [-0.2, -0.15) is 5.26 Å². The highest BCUT2D eigenvalue weighted by Crippen LogP contribution is 2.11. The fourth-order valence-electron chi connectivity index (χ4n) is 1.37. The van der Waals surface area contributed by atoms with E-state index in [0.717, 1.165) is 0 Å². The first-order valence-corrected chi connectivity index (χ1v) is 6.09. The highest BCUT2D eigenvalue weighted by atomic mass is 16.5. The summed E-state index contributed by atoms with van der Waals surface area (Å²) in [6.07, 6.45) is 0. The van der Waals surface area contributed by atoms with Gasteiger partial charge < -0.3 is 14.4 Å². The molecule has 20 heavy (non-hydrogen) atoms. The fraction of sp³-hybridized carbons (Fsp3) is 0.357. The number of carbonyl (C=O) groups is 2. The molecule has 0 saturated heterocycles. The second-order valence-electron chi connectivity index (χ2n) is 3.98. The Balaban J connectivity index is 2.42. The molecule has 0 aliphatic carbocycles. The van der Waals surface area contributed by atoms with Gasteiger partial charge in [0.25, 0.3) is 5.91 Å². The quantitative estimate of drug-likeness (QED) is 0.723. The van der Waals surface area contributed by atoms with Gasteiger partial charge in [0.15, 0.2) is 6.61 Å². The molecule has 0 aromatic heterocycles. The van der Waals surface area contributed by atoms with E-state index in [1.165, 1.54) is 11.9 Å². The third kappa shape index (κ3) is 4.98. The van der Waals surface area contributed by atoms with Crippen LogP contribution in [0.15, 0.2) is 24.3 Å². The molecule has 1 aromatic carbocycles. The average molecular weight is 276 g/mol. The Morgan fingerprint density at radius 2 is 1.95 bits per heavy atom. The Morgan fingerprint density at radius 1 is 1.30 bits per heavy atom. The van der Waals surface area contributed by atoms with E-state index in [1.807, 2.05) is 6.07 Å². The lowest BCUT2D eigenvalue weighted by molar-refractivity contribution is -0.148. The van der Waals surface area contributed by atoms with Crippen LogP contribution in [-0.2, 0) is 14.3 Å². The van der Waals surface area contributed by atoms with Gasteiger partial charge in [0, 0.05) is 7.05 Å².